The van der Waals surface area contributed by atoms with E-state index in [9.17, 15) is 9.59 Å². The number of hydrogen-bond acceptors (Lipinski definition) is 3. The van der Waals surface area contributed by atoms with Crippen LogP contribution in [0.4, 0.5) is 5.69 Å². The lowest BCUT2D eigenvalue weighted by atomic mass is 10.1. The largest absolute Gasteiger partial charge is 0.426 e. The number of carbonyl (C=O) groups is 2. The number of nitrogens with zero attached hydrogens (tertiary/aromatic N) is 1. The van der Waals surface area contributed by atoms with Gasteiger partial charge in [-0.2, -0.15) is 0 Å². The molecule has 5 heteroatoms. The van der Waals surface area contributed by atoms with Crippen molar-refractivity contribution >= 4 is 39.9 Å². The van der Waals surface area contributed by atoms with E-state index in [0.29, 0.717) is 17.3 Å². The van der Waals surface area contributed by atoms with E-state index in [-0.39, 0.29) is 18.3 Å². The van der Waals surface area contributed by atoms with E-state index in [1.807, 2.05) is 36.4 Å². The molecule has 1 heterocycles. The van der Waals surface area contributed by atoms with E-state index >= 15 is 0 Å². The summed E-state index contributed by atoms with van der Waals surface area (Å²) in [6.45, 7) is 0.312. The Kier molecular flexibility index (Phi) is 4.35. The Bertz CT molecular complexity index is 984. The molecule has 0 aromatic heterocycles. The Balaban J connectivity index is 1.48. The molecule has 1 amide bonds. The van der Waals surface area contributed by atoms with Crippen molar-refractivity contribution < 1.29 is 14.3 Å². The summed E-state index contributed by atoms with van der Waals surface area (Å²) in [7, 11) is 0. The summed E-state index contributed by atoms with van der Waals surface area (Å²) in [6.07, 6.45) is 0.148. The number of anilines is 1. The van der Waals surface area contributed by atoms with Crippen molar-refractivity contribution in [2.45, 2.75) is 6.42 Å². The zero-order valence-corrected chi connectivity index (χ0v) is 14.6. The van der Waals surface area contributed by atoms with Crippen molar-refractivity contribution in [3.8, 4) is 5.75 Å². The fourth-order valence-electron chi connectivity index (χ4n) is 3.17. The van der Waals surface area contributed by atoms with Gasteiger partial charge in [-0.05, 0) is 47.2 Å². The molecule has 4 rings (SSSR count). The minimum absolute atomic E-state index is 0.0900. The van der Waals surface area contributed by atoms with Crippen LogP contribution in [0.15, 0.2) is 66.7 Å². The molecular weight excluding hydrogens is 350 g/mol. The van der Waals surface area contributed by atoms with Gasteiger partial charge in [-0.15, -0.1) is 0 Å². The maximum atomic E-state index is 12.5. The third kappa shape index (κ3) is 3.28. The second-order valence-electron chi connectivity index (χ2n) is 6.31. The highest BCUT2D eigenvalue weighted by molar-refractivity contribution is 6.30. The lowest BCUT2D eigenvalue weighted by molar-refractivity contribution is -0.139. The van der Waals surface area contributed by atoms with Crippen LogP contribution in [0.1, 0.15) is 6.42 Å². The second kappa shape index (κ2) is 6.81. The number of ether oxygens (including phenoxy) is 1. The predicted molar refractivity (Wildman–Crippen MR) is 101 cm³/mol. The Morgan fingerprint density at radius 3 is 2.50 bits per heavy atom. The standard InChI is InChI=1S/C21H16ClNO3/c22-17-6-8-18(9-7-17)23-13-16(12-20(23)24)21(25)26-19-10-5-14-3-1-2-4-15(14)11-19/h1-11,16H,12-13H2/t16-/m1/s1. The molecule has 0 unspecified atom stereocenters. The van der Waals surface area contributed by atoms with Crippen LogP contribution in [0.25, 0.3) is 10.8 Å². The fraction of sp³-hybridized carbons (Fsp3) is 0.143. The van der Waals surface area contributed by atoms with Gasteiger partial charge in [0.15, 0.2) is 0 Å². The zero-order chi connectivity index (χ0) is 18.1. The molecule has 3 aromatic rings. The highest BCUT2D eigenvalue weighted by atomic mass is 35.5. The Labute approximate surface area is 155 Å². The van der Waals surface area contributed by atoms with Crippen molar-refractivity contribution in [3.63, 3.8) is 0 Å². The van der Waals surface area contributed by atoms with Crippen LogP contribution >= 0.6 is 11.6 Å². The third-order valence-electron chi connectivity index (χ3n) is 4.54. The Morgan fingerprint density at radius 1 is 1.00 bits per heavy atom. The van der Waals surface area contributed by atoms with Gasteiger partial charge in [0.1, 0.15) is 5.75 Å². The molecule has 0 spiro atoms. The average molecular weight is 366 g/mol. The topological polar surface area (TPSA) is 46.6 Å². The second-order valence-corrected chi connectivity index (χ2v) is 6.75. The maximum absolute atomic E-state index is 12.5. The van der Waals surface area contributed by atoms with E-state index in [1.54, 1.807) is 35.2 Å². The number of rotatable bonds is 3. The van der Waals surface area contributed by atoms with Crippen molar-refractivity contribution in [2.75, 3.05) is 11.4 Å². The van der Waals surface area contributed by atoms with Gasteiger partial charge in [-0.1, -0.05) is 41.9 Å². The molecule has 0 N–H and O–H groups in total. The molecule has 3 aromatic carbocycles. The smallest absolute Gasteiger partial charge is 0.316 e. The number of benzene rings is 3. The quantitative estimate of drug-likeness (QED) is 0.509. The minimum Gasteiger partial charge on any atom is -0.426 e. The molecule has 0 aliphatic carbocycles. The first-order valence-electron chi connectivity index (χ1n) is 8.36. The highest BCUT2D eigenvalue weighted by Gasteiger charge is 2.36. The number of hydrogen-bond donors (Lipinski definition) is 0. The lowest BCUT2D eigenvalue weighted by Gasteiger charge is -2.16. The van der Waals surface area contributed by atoms with Crippen LogP contribution < -0.4 is 9.64 Å². The van der Waals surface area contributed by atoms with Crippen LogP contribution in [0.3, 0.4) is 0 Å². The Hall–Kier alpha value is -2.85. The van der Waals surface area contributed by atoms with Crippen molar-refractivity contribution in [3.05, 3.63) is 71.8 Å². The van der Waals surface area contributed by atoms with E-state index in [2.05, 4.69) is 0 Å². The average Bonchev–Trinajstić information content (AvgIpc) is 3.04. The van der Waals surface area contributed by atoms with Crippen molar-refractivity contribution in [1.82, 2.24) is 0 Å². The van der Waals surface area contributed by atoms with Gasteiger partial charge in [0.05, 0.1) is 5.92 Å². The number of halogens is 1. The zero-order valence-electron chi connectivity index (χ0n) is 13.9. The molecule has 0 bridgehead atoms. The van der Waals surface area contributed by atoms with E-state index in [1.165, 1.54) is 0 Å². The predicted octanol–water partition coefficient (Wildman–Crippen LogP) is 4.45. The van der Waals surface area contributed by atoms with Gasteiger partial charge in [-0.3, -0.25) is 9.59 Å². The SMILES string of the molecule is O=C(Oc1ccc2ccccc2c1)[C@@H]1CC(=O)N(c2ccc(Cl)cc2)C1. The van der Waals surface area contributed by atoms with Crippen molar-refractivity contribution in [2.24, 2.45) is 5.92 Å². The molecule has 0 saturated carbocycles. The molecule has 26 heavy (non-hydrogen) atoms. The summed E-state index contributed by atoms with van der Waals surface area (Å²) < 4.78 is 5.52. The summed E-state index contributed by atoms with van der Waals surface area (Å²) in [4.78, 5) is 26.4. The number of carbonyl (C=O) groups excluding carboxylic acids is 2. The molecule has 1 atom stereocenters. The third-order valence-corrected chi connectivity index (χ3v) is 4.79. The summed E-state index contributed by atoms with van der Waals surface area (Å²) in [5.41, 5.74) is 0.736. The van der Waals surface area contributed by atoms with Gasteiger partial charge in [-0.25, -0.2) is 0 Å². The number of esters is 1. The monoisotopic (exact) mass is 365 g/mol. The summed E-state index contributed by atoms with van der Waals surface area (Å²) >= 11 is 5.89. The molecule has 1 fully saturated rings. The van der Waals surface area contributed by atoms with E-state index < -0.39 is 5.92 Å². The maximum Gasteiger partial charge on any atom is 0.316 e. The first-order valence-corrected chi connectivity index (χ1v) is 8.74. The van der Waals surface area contributed by atoms with Crippen LogP contribution in [0, 0.1) is 5.92 Å². The van der Waals surface area contributed by atoms with Crippen LogP contribution in [-0.2, 0) is 9.59 Å². The summed E-state index contributed by atoms with van der Waals surface area (Å²) in [6, 6.07) is 20.4. The molecule has 1 aliphatic rings. The first-order chi connectivity index (χ1) is 12.6. The summed E-state index contributed by atoms with van der Waals surface area (Å²) in [5.74, 6) is -0.464. The number of fused-ring (bicyclic) bond motifs is 1. The molecule has 0 radical (unpaired) electrons. The van der Waals surface area contributed by atoms with Gasteiger partial charge in [0.25, 0.3) is 0 Å². The molecule has 130 valence electrons. The number of amides is 1. The molecule has 1 saturated heterocycles. The van der Waals surface area contributed by atoms with Crippen LogP contribution in [0.2, 0.25) is 5.02 Å². The van der Waals surface area contributed by atoms with E-state index in [4.69, 9.17) is 16.3 Å². The van der Waals surface area contributed by atoms with Crippen LogP contribution in [-0.4, -0.2) is 18.4 Å². The minimum atomic E-state index is -0.482. The molecule has 4 nitrogen and oxygen atoms in total. The first kappa shape index (κ1) is 16.6. The normalized spacial score (nSPS) is 16.9. The van der Waals surface area contributed by atoms with Gasteiger partial charge >= 0.3 is 5.97 Å². The Morgan fingerprint density at radius 2 is 1.73 bits per heavy atom. The van der Waals surface area contributed by atoms with Gasteiger partial charge < -0.3 is 9.64 Å². The lowest BCUT2D eigenvalue weighted by Crippen LogP contribution is -2.27. The van der Waals surface area contributed by atoms with Gasteiger partial charge in [0, 0.05) is 23.7 Å². The highest BCUT2D eigenvalue weighted by Crippen LogP contribution is 2.28. The summed E-state index contributed by atoms with van der Waals surface area (Å²) in [5, 5.41) is 2.69. The van der Waals surface area contributed by atoms with Gasteiger partial charge in [0.2, 0.25) is 5.91 Å². The fourth-order valence-corrected chi connectivity index (χ4v) is 3.29. The molecular formula is C21H16ClNO3. The van der Waals surface area contributed by atoms with Crippen molar-refractivity contribution in [1.29, 1.82) is 0 Å². The molecule has 1 aliphatic heterocycles. The van der Waals surface area contributed by atoms with E-state index in [0.717, 1.165) is 16.5 Å². The van der Waals surface area contributed by atoms with Crippen LogP contribution in [0.5, 0.6) is 5.75 Å².